The molecule has 110 valence electrons. The van der Waals surface area contributed by atoms with Crippen molar-refractivity contribution in [2.24, 2.45) is 0 Å². The summed E-state index contributed by atoms with van der Waals surface area (Å²) < 4.78 is 5.62. The number of ether oxygens (including phenoxy) is 1. The molecule has 1 amide bonds. The number of rotatable bonds is 6. The van der Waals surface area contributed by atoms with Gasteiger partial charge in [0.1, 0.15) is 12.4 Å². The van der Waals surface area contributed by atoms with Crippen LogP contribution >= 0.6 is 0 Å². The maximum Gasteiger partial charge on any atom is 0.239 e. The summed E-state index contributed by atoms with van der Waals surface area (Å²) in [4.78, 5) is 16.3. The maximum atomic E-state index is 12.3. The Bertz CT molecular complexity index is 416. The van der Waals surface area contributed by atoms with Crippen LogP contribution in [0.25, 0.3) is 0 Å². The van der Waals surface area contributed by atoms with Crippen molar-refractivity contribution in [2.45, 2.75) is 25.8 Å². The predicted octanol–water partition coefficient (Wildman–Crippen LogP) is 2.01. The van der Waals surface area contributed by atoms with Crippen molar-refractivity contribution in [2.75, 3.05) is 33.3 Å². The van der Waals surface area contributed by atoms with Gasteiger partial charge in [0.25, 0.3) is 0 Å². The highest BCUT2D eigenvalue weighted by Crippen LogP contribution is 2.13. The maximum absolute atomic E-state index is 12.3. The summed E-state index contributed by atoms with van der Waals surface area (Å²) in [7, 11) is 1.85. The Hall–Kier alpha value is -1.55. The fraction of sp³-hybridized carbons (Fsp3) is 0.562. The lowest BCUT2D eigenvalue weighted by molar-refractivity contribution is -0.135. The van der Waals surface area contributed by atoms with Crippen LogP contribution in [0.5, 0.6) is 5.75 Å². The third kappa shape index (κ3) is 3.97. The molecule has 4 heteroatoms. The molecular weight excluding hydrogens is 252 g/mol. The molecule has 1 atom stereocenters. The molecule has 2 rings (SSSR count). The fourth-order valence-corrected chi connectivity index (χ4v) is 2.53. The number of carbonyl (C=O) groups excluding carboxylic acids is 1. The molecule has 1 aromatic carbocycles. The quantitative estimate of drug-likeness (QED) is 0.797. The molecule has 4 nitrogen and oxygen atoms in total. The number of likely N-dealkylation sites (tertiary alicyclic amines) is 1. The van der Waals surface area contributed by atoms with E-state index in [9.17, 15) is 4.79 Å². The molecule has 0 saturated carbocycles. The smallest absolute Gasteiger partial charge is 0.239 e. The van der Waals surface area contributed by atoms with E-state index in [-0.39, 0.29) is 11.9 Å². The van der Waals surface area contributed by atoms with E-state index in [1.54, 1.807) is 4.90 Å². The summed E-state index contributed by atoms with van der Waals surface area (Å²) in [5.41, 5.74) is 0. The van der Waals surface area contributed by atoms with Gasteiger partial charge in [-0.05, 0) is 45.0 Å². The Kier molecular flexibility index (Phi) is 5.41. The second kappa shape index (κ2) is 7.29. The van der Waals surface area contributed by atoms with Crippen molar-refractivity contribution >= 4 is 5.91 Å². The summed E-state index contributed by atoms with van der Waals surface area (Å²) in [5, 5.41) is 0. The molecule has 1 saturated heterocycles. The Labute approximate surface area is 121 Å². The second-order valence-corrected chi connectivity index (χ2v) is 5.34. The van der Waals surface area contributed by atoms with Gasteiger partial charge in [0.05, 0.1) is 12.6 Å². The van der Waals surface area contributed by atoms with Crippen LogP contribution in [0.2, 0.25) is 0 Å². The molecular formula is C16H24N2O2. The van der Waals surface area contributed by atoms with Crippen molar-refractivity contribution in [3.63, 3.8) is 0 Å². The number of hydrogen-bond acceptors (Lipinski definition) is 3. The summed E-state index contributed by atoms with van der Waals surface area (Å²) in [5.74, 6) is 1.03. The zero-order chi connectivity index (χ0) is 14.4. The average Bonchev–Trinajstić information content (AvgIpc) is 3.01. The standard InChI is InChI=1S/C16H24N2O2/c1-14(18-10-6-7-11-18)16(19)17(2)12-13-20-15-8-4-3-5-9-15/h3-5,8-9,14H,6-7,10-13H2,1-2H3. The van der Waals surface area contributed by atoms with Crippen LogP contribution in [0.1, 0.15) is 19.8 Å². The predicted molar refractivity (Wildman–Crippen MR) is 79.8 cm³/mol. The Morgan fingerprint density at radius 1 is 1.30 bits per heavy atom. The minimum absolute atomic E-state index is 0.0146. The van der Waals surface area contributed by atoms with E-state index in [4.69, 9.17) is 4.74 Å². The molecule has 0 bridgehead atoms. The molecule has 0 N–H and O–H groups in total. The number of para-hydroxylation sites is 1. The van der Waals surface area contributed by atoms with Gasteiger partial charge in [-0.15, -0.1) is 0 Å². The van der Waals surface area contributed by atoms with E-state index in [1.165, 1.54) is 12.8 Å². The zero-order valence-electron chi connectivity index (χ0n) is 12.4. The summed E-state index contributed by atoms with van der Waals surface area (Å²) in [6.07, 6.45) is 2.41. The van der Waals surface area contributed by atoms with Gasteiger partial charge in [-0.2, -0.15) is 0 Å². The SMILES string of the molecule is CC(C(=O)N(C)CCOc1ccccc1)N1CCCC1. The first-order valence-electron chi connectivity index (χ1n) is 7.35. The van der Waals surface area contributed by atoms with Crippen LogP contribution in [0.15, 0.2) is 30.3 Å². The van der Waals surface area contributed by atoms with Crippen LogP contribution in [-0.4, -0.2) is 55.0 Å². The van der Waals surface area contributed by atoms with E-state index >= 15 is 0 Å². The molecule has 20 heavy (non-hydrogen) atoms. The number of amides is 1. The second-order valence-electron chi connectivity index (χ2n) is 5.34. The molecule has 1 fully saturated rings. The van der Waals surface area contributed by atoms with Gasteiger partial charge >= 0.3 is 0 Å². The van der Waals surface area contributed by atoms with Gasteiger partial charge in [0, 0.05) is 7.05 Å². The molecule has 0 radical (unpaired) electrons. The number of nitrogens with zero attached hydrogens (tertiary/aromatic N) is 2. The molecule has 0 aromatic heterocycles. The molecule has 1 heterocycles. The number of hydrogen-bond donors (Lipinski definition) is 0. The Balaban J connectivity index is 1.73. The van der Waals surface area contributed by atoms with Crippen LogP contribution in [0.3, 0.4) is 0 Å². The third-order valence-electron chi connectivity index (χ3n) is 3.86. The number of likely N-dealkylation sites (N-methyl/N-ethyl adjacent to an activating group) is 1. The summed E-state index contributed by atoms with van der Waals surface area (Å²) in [6, 6.07) is 9.68. The molecule has 1 aromatic rings. The van der Waals surface area contributed by atoms with Crippen LogP contribution in [0, 0.1) is 0 Å². The number of benzene rings is 1. The van der Waals surface area contributed by atoms with Gasteiger partial charge in [0.2, 0.25) is 5.91 Å². The topological polar surface area (TPSA) is 32.8 Å². The summed E-state index contributed by atoms with van der Waals surface area (Å²) in [6.45, 7) is 5.23. The summed E-state index contributed by atoms with van der Waals surface area (Å²) >= 11 is 0. The first-order valence-corrected chi connectivity index (χ1v) is 7.35. The van der Waals surface area contributed by atoms with E-state index in [2.05, 4.69) is 4.90 Å². The number of carbonyl (C=O) groups is 1. The largest absolute Gasteiger partial charge is 0.492 e. The normalized spacial score (nSPS) is 16.9. The van der Waals surface area contributed by atoms with E-state index < -0.39 is 0 Å². The van der Waals surface area contributed by atoms with Crippen molar-refractivity contribution < 1.29 is 9.53 Å². The third-order valence-corrected chi connectivity index (χ3v) is 3.86. The highest BCUT2D eigenvalue weighted by molar-refractivity contribution is 5.81. The van der Waals surface area contributed by atoms with Crippen molar-refractivity contribution in [1.82, 2.24) is 9.80 Å². The lowest BCUT2D eigenvalue weighted by Crippen LogP contribution is -2.45. The Morgan fingerprint density at radius 3 is 2.60 bits per heavy atom. The highest BCUT2D eigenvalue weighted by Gasteiger charge is 2.25. The van der Waals surface area contributed by atoms with Crippen LogP contribution in [-0.2, 0) is 4.79 Å². The first-order chi connectivity index (χ1) is 9.68. The molecule has 1 unspecified atom stereocenters. The van der Waals surface area contributed by atoms with Gasteiger partial charge in [-0.25, -0.2) is 0 Å². The highest BCUT2D eigenvalue weighted by atomic mass is 16.5. The minimum Gasteiger partial charge on any atom is -0.492 e. The van der Waals surface area contributed by atoms with Gasteiger partial charge in [-0.3, -0.25) is 9.69 Å². The monoisotopic (exact) mass is 276 g/mol. The van der Waals surface area contributed by atoms with Crippen molar-refractivity contribution in [3.8, 4) is 5.75 Å². The lowest BCUT2D eigenvalue weighted by atomic mass is 10.2. The van der Waals surface area contributed by atoms with Crippen molar-refractivity contribution in [3.05, 3.63) is 30.3 Å². The van der Waals surface area contributed by atoms with Crippen molar-refractivity contribution in [1.29, 1.82) is 0 Å². The molecule has 0 spiro atoms. The van der Waals surface area contributed by atoms with Crippen LogP contribution in [0.4, 0.5) is 0 Å². The fourth-order valence-electron chi connectivity index (χ4n) is 2.53. The molecule has 1 aliphatic rings. The van der Waals surface area contributed by atoms with E-state index in [0.717, 1.165) is 18.8 Å². The van der Waals surface area contributed by atoms with Crippen LogP contribution < -0.4 is 4.74 Å². The van der Waals surface area contributed by atoms with E-state index in [1.807, 2.05) is 44.3 Å². The zero-order valence-corrected chi connectivity index (χ0v) is 12.4. The van der Waals surface area contributed by atoms with E-state index in [0.29, 0.717) is 13.2 Å². The minimum atomic E-state index is -0.0146. The first kappa shape index (κ1) is 14.9. The lowest BCUT2D eigenvalue weighted by Gasteiger charge is -2.27. The average molecular weight is 276 g/mol. The van der Waals surface area contributed by atoms with Gasteiger partial charge in [-0.1, -0.05) is 18.2 Å². The Morgan fingerprint density at radius 2 is 1.95 bits per heavy atom. The van der Waals surface area contributed by atoms with Gasteiger partial charge < -0.3 is 9.64 Å². The molecule has 0 aliphatic carbocycles. The van der Waals surface area contributed by atoms with Gasteiger partial charge in [0.15, 0.2) is 0 Å². The molecule has 1 aliphatic heterocycles.